The Morgan fingerprint density at radius 1 is 0.510 bits per heavy atom. The van der Waals surface area contributed by atoms with Crippen LogP contribution in [0.25, 0.3) is 0 Å². The molecule has 0 saturated carbocycles. The Morgan fingerprint density at radius 3 is 1.26 bits per heavy atom. The molecule has 0 aliphatic carbocycles. The molecule has 6 fully saturated rings. The largest absolute Gasteiger partial charge is 0.481 e. The highest BCUT2D eigenvalue weighted by Crippen LogP contribution is 2.49. The Bertz CT molecular complexity index is 2610. The Hall–Kier alpha value is -5.50. The molecule has 2 aromatic heterocycles. The third kappa shape index (κ3) is 23.3. The highest BCUT2D eigenvalue weighted by atomic mass is 19.4. The predicted molar refractivity (Wildman–Crippen MR) is 311 cm³/mol. The van der Waals surface area contributed by atoms with Crippen LogP contribution in [-0.2, 0) is 117 Å². The quantitative estimate of drug-likeness (QED) is 0.0306. The first-order valence-corrected chi connectivity index (χ1v) is 31.3. The number of fused-ring (bicyclic) bond motifs is 8. The number of ether oxygens (including phenoxy) is 18. The van der Waals surface area contributed by atoms with Gasteiger partial charge in [0, 0.05) is 25.9 Å². The highest BCUT2D eigenvalue weighted by Gasteiger charge is 2.67. The van der Waals surface area contributed by atoms with Crippen LogP contribution in [-0.4, -0.2) is 285 Å². The van der Waals surface area contributed by atoms with Crippen LogP contribution in [0.5, 0.6) is 0 Å². The van der Waals surface area contributed by atoms with Crippen molar-refractivity contribution in [1.82, 2.24) is 35.9 Å². The first kappa shape index (κ1) is 76.3. The molecule has 6 aliphatic rings. The van der Waals surface area contributed by atoms with Crippen LogP contribution in [0, 0.1) is 0 Å². The van der Waals surface area contributed by atoms with Gasteiger partial charge in [-0.05, 0) is 27.7 Å². The van der Waals surface area contributed by atoms with Gasteiger partial charge in [0.05, 0.1) is 176 Å². The minimum atomic E-state index is -4.68. The molecular formula is C58H85F6N9O23. The van der Waals surface area contributed by atoms with Gasteiger partial charge in [-0.1, -0.05) is 0 Å². The number of carbonyl (C=O) groups excluding carboxylic acids is 3. The summed E-state index contributed by atoms with van der Waals surface area (Å²) in [5, 5.41) is 22.9. The Labute approximate surface area is 548 Å². The predicted octanol–water partition coefficient (Wildman–Crippen LogP) is 0.994. The van der Waals surface area contributed by atoms with Gasteiger partial charge in [0.2, 0.25) is 17.7 Å². The van der Waals surface area contributed by atoms with Crippen molar-refractivity contribution in [2.45, 2.75) is 137 Å². The summed E-state index contributed by atoms with van der Waals surface area (Å²) >= 11 is 0. The number of amides is 3. The molecule has 2 aromatic rings. The lowest BCUT2D eigenvalue weighted by Crippen LogP contribution is -2.63. The van der Waals surface area contributed by atoms with Gasteiger partial charge in [0.25, 0.3) is 0 Å². The number of halogens is 6. The van der Waals surface area contributed by atoms with E-state index in [0.717, 1.165) is 0 Å². The summed E-state index contributed by atoms with van der Waals surface area (Å²) in [6, 6.07) is -2.31. The van der Waals surface area contributed by atoms with Crippen molar-refractivity contribution in [3.63, 3.8) is 0 Å². The minimum absolute atomic E-state index is 0.0162. The molecule has 0 aromatic carbocycles. The molecule has 96 heavy (non-hydrogen) atoms. The average Bonchev–Trinajstić information content (AvgIpc) is 1.57. The maximum absolute atomic E-state index is 13.3. The Balaban J connectivity index is 0.574. The van der Waals surface area contributed by atoms with Crippen molar-refractivity contribution in [1.29, 1.82) is 0 Å². The lowest BCUT2D eigenvalue weighted by Gasteiger charge is -2.42. The van der Waals surface area contributed by atoms with Crippen LogP contribution in [0.1, 0.15) is 58.3 Å². The minimum Gasteiger partial charge on any atom is -0.481 e. The normalized spacial score (nSPS) is 26.4. The summed E-state index contributed by atoms with van der Waals surface area (Å²) in [6.45, 7) is 10.9. The lowest BCUT2D eigenvalue weighted by atomic mass is 9.88. The number of nitrogens with zero attached hydrogens (tertiary/aromatic N) is 4. The zero-order valence-corrected chi connectivity index (χ0v) is 53.6. The molecule has 4 bridgehead atoms. The molecule has 32 nitrogen and oxygen atoms in total. The molecule has 6 saturated heterocycles. The summed E-state index contributed by atoms with van der Waals surface area (Å²) in [4.78, 5) is 62.7. The van der Waals surface area contributed by atoms with Gasteiger partial charge in [-0.25, -0.2) is 9.97 Å². The molecule has 0 unspecified atom stereocenters. The van der Waals surface area contributed by atoms with E-state index >= 15 is 0 Å². The molecule has 6 aliphatic heterocycles. The molecule has 0 spiro atoms. The fourth-order valence-electron chi connectivity index (χ4n) is 10.9. The van der Waals surface area contributed by atoms with Crippen LogP contribution in [0.3, 0.4) is 0 Å². The van der Waals surface area contributed by atoms with Crippen LogP contribution in [0.4, 0.5) is 38.0 Å². The number of hydrogen-bond acceptors (Lipinski definition) is 28. The molecule has 542 valence electrons. The van der Waals surface area contributed by atoms with E-state index in [1.807, 2.05) is 0 Å². The maximum atomic E-state index is 13.3. The van der Waals surface area contributed by atoms with Gasteiger partial charge in [-0.2, -0.15) is 26.3 Å². The van der Waals surface area contributed by atoms with Crippen LogP contribution >= 0.6 is 0 Å². The summed E-state index contributed by atoms with van der Waals surface area (Å²) in [6.07, 6.45) is -11.1. The molecule has 38 heteroatoms. The third-order valence-corrected chi connectivity index (χ3v) is 15.1. The second-order valence-corrected chi connectivity index (χ2v) is 23.6. The van der Waals surface area contributed by atoms with Crippen LogP contribution in [0.2, 0.25) is 0 Å². The van der Waals surface area contributed by atoms with Gasteiger partial charge in [-0.15, -0.1) is 0 Å². The van der Waals surface area contributed by atoms with Gasteiger partial charge >= 0.3 is 18.3 Å². The molecular weight excluding hydrogens is 1300 g/mol. The van der Waals surface area contributed by atoms with Crippen molar-refractivity contribution in [3.05, 3.63) is 36.2 Å². The number of nitrogens with one attached hydrogen (secondary N) is 5. The van der Waals surface area contributed by atoms with E-state index in [4.69, 9.17) is 90.4 Å². The third-order valence-electron chi connectivity index (χ3n) is 15.1. The van der Waals surface area contributed by atoms with E-state index in [0.29, 0.717) is 12.4 Å². The standard InChI is InChI=1S/C58H85F6N9O23/c1-53(2)91-47-45(72-39-28-65-26-37(70-39)57(59,60)61)51-89-34-55(95-51,49(47)93-53)32-87-23-21-83-19-17-81-15-13-79-11-7-67-41(74)5-9-85-30-36(69-43(76)25-44(77)78)31-86-10-6-42(75)68-8-12-80-14-16-82-18-20-84-22-24-88-33-56-35-90-52(96-56)46(48-50(56)94-54(3,4)92-48)73-40-29-66-27-38(71-40)58(62,63)64/h26-29,36,45-52H,5-25,30-35H2,1-4H3,(H,67,74)(H,68,75)(H,69,76)(H,70,72)(H,71,73)(H,77,78)/t45-,46-,47-,48-,49-,50-,51+,52+,55+,56+/m1/s1. The number of carbonyl (C=O) groups is 4. The van der Waals surface area contributed by atoms with E-state index in [-0.39, 0.29) is 195 Å². The van der Waals surface area contributed by atoms with E-state index < -0.39 is 120 Å². The first-order valence-electron chi connectivity index (χ1n) is 31.3. The first-order chi connectivity index (χ1) is 45.8. The average molecular weight is 1390 g/mol. The SMILES string of the molecule is CC1(C)O[C@@H]2[C@@H](Nc3cncc(C(F)(F)F)n3)[C@H]3OC[C@](COCCOCCOCCOCCNC(=O)CCOCC(COCCC(=O)NCCOCCOCCOCCOC[C@@]45CO[C@@H](O4)[C@H](Nc4cncc(C(F)(F)F)n4)[C@H]4OC(C)(C)O[C@H]45)NC(=O)CC(=O)O)(O3)[C@@H]2O1. The number of alkyl halides is 6. The van der Waals surface area contributed by atoms with Crippen molar-refractivity contribution < 1.29 is 136 Å². The number of carboxylic acid groups (broad SMARTS) is 1. The number of rotatable bonds is 45. The monoisotopic (exact) mass is 1390 g/mol. The maximum Gasteiger partial charge on any atom is 0.434 e. The van der Waals surface area contributed by atoms with Crippen molar-refractivity contribution in [2.75, 3.05) is 169 Å². The highest BCUT2D eigenvalue weighted by molar-refractivity contribution is 5.93. The van der Waals surface area contributed by atoms with Crippen LogP contribution in [0.15, 0.2) is 24.8 Å². The second kappa shape index (κ2) is 36.0. The molecule has 3 amide bonds. The van der Waals surface area contributed by atoms with Crippen molar-refractivity contribution in [3.8, 4) is 0 Å². The van der Waals surface area contributed by atoms with Gasteiger partial charge in [0.15, 0.2) is 35.5 Å². The van der Waals surface area contributed by atoms with Crippen LogP contribution < -0.4 is 26.6 Å². The Kier molecular flexibility index (Phi) is 28.6. The van der Waals surface area contributed by atoms with Gasteiger partial charge < -0.3 is 117 Å². The number of anilines is 2. The summed E-state index contributed by atoms with van der Waals surface area (Å²) < 4.78 is 185. The number of carboxylic acids is 1. The lowest BCUT2D eigenvalue weighted by molar-refractivity contribution is -0.208. The van der Waals surface area contributed by atoms with Gasteiger partial charge in [0.1, 0.15) is 65.8 Å². The molecule has 8 heterocycles. The summed E-state index contributed by atoms with van der Waals surface area (Å²) in [7, 11) is 0. The fraction of sp³-hybridized carbons (Fsp3) is 0.793. The molecule has 8 rings (SSSR count). The zero-order valence-electron chi connectivity index (χ0n) is 53.6. The van der Waals surface area contributed by atoms with E-state index in [9.17, 15) is 45.5 Å². The zero-order chi connectivity index (χ0) is 68.8. The van der Waals surface area contributed by atoms with Crippen molar-refractivity contribution in [2.24, 2.45) is 0 Å². The Morgan fingerprint density at radius 2 is 0.885 bits per heavy atom. The second-order valence-electron chi connectivity index (χ2n) is 23.6. The molecule has 0 radical (unpaired) electrons. The van der Waals surface area contributed by atoms with Gasteiger partial charge in [-0.3, -0.25) is 29.1 Å². The smallest absolute Gasteiger partial charge is 0.434 e. The summed E-state index contributed by atoms with van der Waals surface area (Å²) in [5.74, 6) is -5.05. The van der Waals surface area contributed by atoms with E-state index in [2.05, 4.69) is 46.5 Å². The van der Waals surface area contributed by atoms with E-state index in [1.165, 1.54) is 12.4 Å². The van der Waals surface area contributed by atoms with E-state index in [1.54, 1.807) is 27.7 Å². The molecule has 10 atom stereocenters. The summed E-state index contributed by atoms with van der Waals surface area (Å²) in [5.41, 5.74) is -4.40. The number of aliphatic carboxylic acids is 1. The number of hydrogen-bond donors (Lipinski definition) is 6. The number of aromatic nitrogens is 4. The fourth-order valence-corrected chi connectivity index (χ4v) is 10.9. The van der Waals surface area contributed by atoms with Crippen molar-refractivity contribution >= 4 is 35.3 Å². The molecule has 6 N–H and O–H groups in total. The topological polar surface area (TPSA) is 366 Å².